The van der Waals surface area contributed by atoms with E-state index in [1.807, 2.05) is 19.9 Å². The van der Waals surface area contributed by atoms with Gasteiger partial charge in [0.1, 0.15) is 30.2 Å². The zero-order chi connectivity index (χ0) is 26.3. The van der Waals surface area contributed by atoms with Crippen molar-refractivity contribution in [1.82, 2.24) is 0 Å². The van der Waals surface area contributed by atoms with Gasteiger partial charge in [0.05, 0.1) is 19.5 Å². The van der Waals surface area contributed by atoms with Gasteiger partial charge in [-0.3, -0.25) is 0 Å². The smallest absolute Gasteiger partial charge is 0.339 e. The van der Waals surface area contributed by atoms with Gasteiger partial charge in [-0.25, -0.2) is 9.59 Å². The summed E-state index contributed by atoms with van der Waals surface area (Å²) in [6.45, 7) is 3.41. The maximum atomic E-state index is 13.5. The molecule has 1 aromatic heterocycles. The van der Waals surface area contributed by atoms with Gasteiger partial charge in [0.25, 0.3) is 0 Å². The molecule has 0 spiro atoms. The first-order valence-corrected chi connectivity index (χ1v) is 12.7. The highest BCUT2D eigenvalue weighted by Crippen LogP contribution is 2.70. The molecule has 1 aromatic rings. The van der Waals surface area contributed by atoms with E-state index >= 15 is 0 Å². The van der Waals surface area contributed by atoms with Gasteiger partial charge < -0.3 is 43.8 Å². The number of cyclic esters (lactones) is 2. The number of aliphatic hydroxyl groups excluding tert-OH is 4. The molecule has 3 aliphatic heterocycles. The fraction of sp³-hybridized carbons (Fsp3) is 0.692. The van der Waals surface area contributed by atoms with Crippen LogP contribution in [0.15, 0.2) is 34.5 Å². The monoisotopic (exact) mass is 520 g/mol. The number of hydrogen-bond acceptors (Lipinski definition) is 11. The molecule has 0 amide bonds. The topological polar surface area (TPSA) is 165 Å². The van der Waals surface area contributed by atoms with Crippen LogP contribution < -0.4 is 0 Å². The second-order valence-electron chi connectivity index (χ2n) is 11.4. The molecule has 4 heterocycles. The van der Waals surface area contributed by atoms with Gasteiger partial charge in [0.2, 0.25) is 0 Å². The number of fused-ring (bicyclic) bond motifs is 5. The maximum Gasteiger partial charge on any atom is 0.339 e. The number of furan rings is 1. The Morgan fingerprint density at radius 2 is 1.92 bits per heavy atom. The highest BCUT2D eigenvalue weighted by molar-refractivity contribution is 5.92. The lowest BCUT2D eigenvalue weighted by molar-refractivity contribution is -0.336. The molecule has 3 saturated heterocycles. The van der Waals surface area contributed by atoms with Crippen LogP contribution in [0.5, 0.6) is 0 Å². The van der Waals surface area contributed by atoms with E-state index in [9.17, 15) is 30.0 Å². The van der Waals surface area contributed by atoms with Crippen LogP contribution in [-0.4, -0.2) is 81.9 Å². The van der Waals surface area contributed by atoms with Crippen molar-refractivity contribution >= 4 is 11.9 Å². The number of esters is 2. The Kier molecular flexibility index (Phi) is 5.65. The molecule has 1 saturated carbocycles. The number of hydrogen-bond donors (Lipinski definition) is 4. The lowest BCUT2D eigenvalue weighted by Gasteiger charge is -2.55. The van der Waals surface area contributed by atoms with Crippen molar-refractivity contribution in [2.75, 3.05) is 13.2 Å². The fourth-order valence-corrected chi connectivity index (χ4v) is 7.74. The zero-order valence-corrected chi connectivity index (χ0v) is 20.6. The largest absolute Gasteiger partial charge is 0.465 e. The Morgan fingerprint density at radius 1 is 1.14 bits per heavy atom. The summed E-state index contributed by atoms with van der Waals surface area (Å²) >= 11 is 0. The molecule has 37 heavy (non-hydrogen) atoms. The van der Waals surface area contributed by atoms with Crippen molar-refractivity contribution in [2.24, 2.45) is 22.7 Å². The summed E-state index contributed by atoms with van der Waals surface area (Å²) in [7, 11) is 0. The molecule has 202 valence electrons. The molecule has 2 aliphatic carbocycles. The predicted octanol–water partition coefficient (Wildman–Crippen LogP) is 0.358. The summed E-state index contributed by atoms with van der Waals surface area (Å²) in [5, 5.41) is 40.9. The van der Waals surface area contributed by atoms with Crippen molar-refractivity contribution in [3.63, 3.8) is 0 Å². The van der Waals surface area contributed by atoms with E-state index in [2.05, 4.69) is 0 Å². The Morgan fingerprint density at radius 3 is 2.62 bits per heavy atom. The number of carbonyl (C=O) groups excluding carboxylic acids is 2. The van der Waals surface area contributed by atoms with Crippen LogP contribution in [0.4, 0.5) is 0 Å². The number of carbonyl (C=O) groups is 2. The minimum absolute atomic E-state index is 0.0970. The highest BCUT2D eigenvalue weighted by atomic mass is 16.7. The third kappa shape index (κ3) is 3.22. The molecule has 11 nitrogen and oxygen atoms in total. The van der Waals surface area contributed by atoms with Crippen molar-refractivity contribution in [3.05, 3.63) is 35.8 Å². The number of rotatable bonds is 4. The average Bonchev–Trinajstić information content (AvgIpc) is 3.56. The lowest BCUT2D eigenvalue weighted by Crippen LogP contribution is -2.65. The Labute approximate surface area is 212 Å². The minimum Gasteiger partial charge on any atom is -0.465 e. The zero-order valence-electron chi connectivity index (χ0n) is 20.6. The van der Waals surface area contributed by atoms with E-state index in [4.69, 9.17) is 23.4 Å². The first-order chi connectivity index (χ1) is 17.6. The van der Waals surface area contributed by atoms with Crippen molar-refractivity contribution in [3.8, 4) is 0 Å². The first kappa shape index (κ1) is 25.0. The van der Waals surface area contributed by atoms with Gasteiger partial charge in [-0.05, 0) is 30.9 Å². The summed E-state index contributed by atoms with van der Waals surface area (Å²) < 4.78 is 28.8. The molecule has 4 N–H and O–H groups in total. The van der Waals surface area contributed by atoms with Crippen LogP contribution >= 0.6 is 0 Å². The van der Waals surface area contributed by atoms with Crippen LogP contribution in [0.3, 0.4) is 0 Å². The summed E-state index contributed by atoms with van der Waals surface area (Å²) in [6, 6.07) is 3.50. The molecule has 6 rings (SSSR count). The van der Waals surface area contributed by atoms with Crippen molar-refractivity contribution < 1.29 is 53.4 Å². The van der Waals surface area contributed by atoms with E-state index < -0.39 is 77.7 Å². The van der Waals surface area contributed by atoms with Crippen molar-refractivity contribution in [2.45, 2.75) is 75.5 Å². The number of aliphatic hydroxyl groups is 4. The van der Waals surface area contributed by atoms with Crippen molar-refractivity contribution in [1.29, 1.82) is 0 Å². The van der Waals surface area contributed by atoms with Crippen LogP contribution in [-0.2, 0) is 28.5 Å². The second-order valence-corrected chi connectivity index (χ2v) is 11.4. The summed E-state index contributed by atoms with van der Waals surface area (Å²) in [5.74, 6) is -1.08. The Balaban J connectivity index is 1.39. The molecule has 0 radical (unpaired) electrons. The molecule has 0 aromatic carbocycles. The van der Waals surface area contributed by atoms with E-state index in [0.29, 0.717) is 30.6 Å². The van der Waals surface area contributed by atoms with Gasteiger partial charge >= 0.3 is 11.9 Å². The summed E-state index contributed by atoms with van der Waals surface area (Å²) in [4.78, 5) is 26.7. The summed E-state index contributed by atoms with van der Waals surface area (Å²) in [5.41, 5.74) is -2.52. The van der Waals surface area contributed by atoms with Crippen LogP contribution in [0, 0.1) is 22.7 Å². The number of allylic oxidation sites excluding steroid dienone is 1. The minimum atomic E-state index is -1.66. The Bertz CT molecular complexity index is 1110. The molecular weight excluding hydrogens is 488 g/mol. The normalized spacial score (nSPS) is 49.0. The van der Waals surface area contributed by atoms with Crippen LogP contribution in [0.2, 0.25) is 0 Å². The van der Waals surface area contributed by atoms with E-state index in [0.717, 1.165) is 0 Å². The Hall–Kier alpha value is -2.28. The van der Waals surface area contributed by atoms with Gasteiger partial charge in [0, 0.05) is 28.7 Å². The van der Waals surface area contributed by atoms with E-state index in [1.165, 1.54) is 6.26 Å². The van der Waals surface area contributed by atoms with E-state index in [1.54, 1.807) is 12.1 Å². The average molecular weight is 521 g/mol. The third-order valence-electron chi connectivity index (χ3n) is 9.64. The molecule has 11 atom stereocenters. The SMILES string of the molecule is C[C@@]12C[C@@H](c3ccco3)OC(=O)C1=CC[C@]1(C)[C@H]2C[C@H]2COC(=O)[C@@]21O[C@@H]1O[C@H](CO)[C@@H](O)[C@H](O)[C@H]1O. The fourth-order valence-electron chi connectivity index (χ4n) is 7.74. The molecule has 0 unspecified atom stereocenters. The molecule has 11 heteroatoms. The third-order valence-corrected chi connectivity index (χ3v) is 9.64. The quantitative estimate of drug-likeness (QED) is 0.405. The number of ether oxygens (including phenoxy) is 4. The molecule has 0 bridgehead atoms. The maximum absolute atomic E-state index is 13.5. The lowest BCUT2D eigenvalue weighted by atomic mass is 9.52. The van der Waals surface area contributed by atoms with Gasteiger partial charge in [-0.1, -0.05) is 19.9 Å². The molecule has 4 fully saturated rings. The van der Waals surface area contributed by atoms with Gasteiger partial charge in [0.15, 0.2) is 18.0 Å². The van der Waals surface area contributed by atoms with E-state index in [-0.39, 0.29) is 12.5 Å². The standard InChI is InChI=1S/C26H32O11/c1-24-9-15(14-4-3-7-33-14)35-21(31)13(24)5-6-25(2)17(24)8-12-11-34-23(32)26(12,25)37-22-20(30)19(29)18(28)16(10-27)36-22/h3-5,7,12,15-20,22,27-30H,6,8-11H2,1-2H3/t12-,15-,16+,17-,18+,19-,20+,22-,24+,25+,26-/m0/s1. The van der Waals surface area contributed by atoms with Crippen LogP contribution in [0.1, 0.15) is 45.0 Å². The molecule has 5 aliphatic rings. The highest BCUT2D eigenvalue weighted by Gasteiger charge is 2.76. The van der Waals surface area contributed by atoms with Gasteiger partial charge in [-0.2, -0.15) is 0 Å². The predicted molar refractivity (Wildman–Crippen MR) is 121 cm³/mol. The summed E-state index contributed by atoms with van der Waals surface area (Å²) in [6.07, 6.45) is -3.52. The first-order valence-electron chi connectivity index (χ1n) is 12.7. The van der Waals surface area contributed by atoms with Crippen LogP contribution in [0.25, 0.3) is 0 Å². The van der Waals surface area contributed by atoms with Gasteiger partial charge in [-0.15, -0.1) is 0 Å². The molecular formula is C26H32O11. The second kappa shape index (κ2) is 8.36.